The van der Waals surface area contributed by atoms with E-state index < -0.39 is 0 Å². The van der Waals surface area contributed by atoms with Crippen LogP contribution in [0.5, 0.6) is 0 Å². The molecule has 0 atom stereocenters. The molecule has 0 saturated heterocycles. The van der Waals surface area contributed by atoms with Crippen LogP contribution in [0.1, 0.15) is 0 Å². The average molecular weight is 707 g/mol. The predicted molar refractivity (Wildman–Crippen MR) is 194 cm³/mol. The fourth-order valence-corrected chi connectivity index (χ4v) is 6.67. The van der Waals surface area contributed by atoms with Crippen molar-refractivity contribution in [1.29, 1.82) is 0 Å². The van der Waals surface area contributed by atoms with E-state index >= 15 is 0 Å². The summed E-state index contributed by atoms with van der Waals surface area (Å²) in [6.07, 6.45) is 0. The lowest BCUT2D eigenvalue weighted by molar-refractivity contribution is 1.18. The second kappa shape index (κ2) is 11.6. The van der Waals surface area contributed by atoms with E-state index in [1.165, 1.54) is 21.8 Å². The maximum atomic E-state index is 4.98. The van der Waals surface area contributed by atoms with Crippen LogP contribution >= 0.6 is 31.9 Å². The first kappa shape index (κ1) is 27.7. The molecule has 0 aliphatic carbocycles. The van der Waals surface area contributed by atoms with E-state index in [0.29, 0.717) is 0 Å². The van der Waals surface area contributed by atoms with Gasteiger partial charge in [0.05, 0.1) is 22.4 Å². The highest BCUT2D eigenvalue weighted by Gasteiger charge is 2.14. The van der Waals surface area contributed by atoms with Gasteiger partial charge in [-0.15, -0.1) is 0 Å². The molecule has 0 bridgehead atoms. The summed E-state index contributed by atoms with van der Waals surface area (Å²) in [5.74, 6) is 0.719. The highest BCUT2D eigenvalue weighted by Crippen LogP contribution is 2.36. The summed E-state index contributed by atoms with van der Waals surface area (Å²) in [4.78, 5) is 9.91. The standard InChI is InChI=1S/C40H25Br2N3/c41-31-17-21-38-34(23-31)35-24-32(42)18-22-39(35)45(38)33-19-15-27(16-20-33)26-11-13-29(14-12-26)37-25-36(28-7-3-1-4-8-28)43-40(44-37)30-9-5-2-6-10-30/h1-25H. The minimum absolute atomic E-state index is 0.719. The van der Waals surface area contributed by atoms with E-state index in [0.717, 1.165) is 59.7 Å². The molecular formula is C40H25Br2N3. The second-order valence-electron chi connectivity index (χ2n) is 11.0. The van der Waals surface area contributed by atoms with Gasteiger partial charge >= 0.3 is 0 Å². The Kier molecular flexibility index (Phi) is 7.13. The number of nitrogens with zero attached hydrogens (tertiary/aromatic N) is 3. The molecule has 8 aromatic rings. The van der Waals surface area contributed by atoms with E-state index in [4.69, 9.17) is 9.97 Å². The molecule has 0 spiro atoms. The van der Waals surface area contributed by atoms with Crippen LogP contribution in [0.3, 0.4) is 0 Å². The summed E-state index contributed by atoms with van der Waals surface area (Å²) >= 11 is 7.32. The third kappa shape index (κ3) is 5.28. The minimum atomic E-state index is 0.719. The SMILES string of the molecule is Brc1ccc2c(c1)c1cc(Br)ccc1n2-c1ccc(-c2ccc(-c3cc(-c4ccccc4)nc(-c4ccccc4)n3)cc2)cc1. The Labute approximate surface area is 278 Å². The molecule has 0 radical (unpaired) electrons. The predicted octanol–water partition coefficient (Wildman–Crippen LogP) is 11.8. The number of hydrogen-bond donors (Lipinski definition) is 0. The second-order valence-corrected chi connectivity index (χ2v) is 12.8. The molecule has 0 aliphatic heterocycles. The van der Waals surface area contributed by atoms with Crippen LogP contribution in [-0.2, 0) is 0 Å². The Morgan fingerprint density at radius 2 is 0.844 bits per heavy atom. The smallest absolute Gasteiger partial charge is 0.160 e. The molecule has 0 unspecified atom stereocenters. The molecule has 45 heavy (non-hydrogen) atoms. The summed E-state index contributed by atoms with van der Waals surface area (Å²) in [5.41, 5.74) is 10.7. The van der Waals surface area contributed by atoms with Gasteiger partial charge in [0.15, 0.2) is 5.82 Å². The zero-order chi connectivity index (χ0) is 30.3. The van der Waals surface area contributed by atoms with Gasteiger partial charge in [-0.2, -0.15) is 0 Å². The van der Waals surface area contributed by atoms with Gasteiger partial charge in [-0.1, -0.05) is 129 Å². The van der Waals surface area contributed by atoms with Gasteiger partial charge in [-0.3, -0.25) is 0 Å². The number of hydrogen-bond acceptors (Lipinski definition) is 2. The highest BCUT2D eigenvalue weighted by molar-refractivity contribution is 9.10. The van der Waals surface area contributed by atoms with Crippen molar-refractivity contribution in [2.75, 3.05) is 0 Å². The zero-order valence-electron chi connectivity index (χ0n) is 24.0. The topological polar surface area (TPSA) is 30.7 Å². The lowest BCUT2D eigenvalue weighted by Gasteiger charge is -2.11. The number of benzene rings is 6. The summed E-state index contributed by atoms with van der Waals surface area (Å²) in [5, 5.41) is 2.44. The van der Waals surface area contributed by atoms with Crippen LogP contribution in [0, 0.1) is 0 Å². The monoisotopic (exact) mass is 705 g/mol. The van der Waals surface area contributed by atoms with Crippen LogP contribution in [0.25, 0.3) is 72.5 Å². The molecule has 214 valence electrons. The van der Waals surface area contributed by atoms with Crippen molar-refractivity contribution in [2.45, 2.75) is 0 Å². The van der Waals surface area contributed by atoms with Gasteiger partial charge in [-0.05, 0) is 65.7 Å². The van der Waals surface area contributed by atoms with Crippen molar-refractivity contribution in [3.63, 3.8) is 0 Å². The largest absolute Gasteiger partial charge is 0.309 e. The molecule has 0 amide bonds. The first-order chi connectivity index (χ1) is 22.1. The fraction of sp³-hybridized carbons (Fsp3) is 0. The molecule has 5 heteroatoms. The fourth-order valence-electron chi connectivity index (χ4n) is 5.95. The van der Waals surface area contributed by atoms with Crippen molar-refractivity contribution in [1.82, 2.24) is 14.5 Å². The summed E-state index contributed by atoms with van der Waals surface area (Å²) in [6, 6.07) is 52.9. The van der Waals surface area contributed by atoms with Gasteiger partial charge in [-0.25, -0.2) is 9.97 Å². The number of fused-ring (bicyclic) bond motifs is 3. The Morgan fingerprint density at radius 1 is 0.400 bits per heavy atom. The quantitative estimate of drug-likeness (QED) is 0.178. The van der Waals surface area contributed by atoms with Crippen molar-refractivity contribution in [3.8, 4) is 50.7 Å². The lowest BCUT2D eigenvalue weighted by atomic mass is 10.0. The molecule has 0 fully saturated rings. The molecule has 0 aliphatic rings. The first-order valence-electron chi connectivity index (χ1n) is 14.7. The molecule has 2 aromatic heterocycles. The Balaban J connectivity index is 1.15. The van der Waals surface area contributed by atoms with E-state index in [1.807, 2.05) is 36.4 Å². The van der Waals surface area contributed by atoms with Gasteiger partial charge in [0.25, 0.3) is 0 Å². The van der Waals surface area contributed by atoms with Gasteiger partial charge < -0.3 is 4.57 Å². The summed E-state index contributed by atoms with van der Waals surface area (Å²) in [6.45, 7) is 0. The van der Waals surface area contributed by atoms with Crippen LogP contribution in [0.15, 0.2) is 161 Å². The third-order valence-electron chi connectivity index (χ3n) is 8.16. The van der Waals surface area contributed by atoms with Crippen LogP contribution in [0.4, 0.5) is 0 Å². The minimum Gasteiger partial charge on any atom is -0.309 e. The van der Waals surface area contributed by atoms with Crippen LogP contribution < -0.4 is 0 Å². The van der Waals surface area contributed by atoms with E-state index in [-0.39, 0.29) is 0 Å². The molecule has 2 heterocycles. The van der Waals surface area contributed by atoms with Crippen molar-refractivity contribution < 1.29 is 0 Å². The maximum Gasteiger partial charge on any atom is 0.160 e. The Hall–Kier alpha value is -4.84. The number of aromatic nitrogens is 3. The van der Waals surface area contributed by atoms with Crippen molar-refractivity contribution in [2.24, 2.45) is 0 Å². The normalized spacial score (nSPS) is 11.3. The third-order valence-corrected chi connectivity index (χ3v) is 9.14. The van der Waals surface area contributed by atoms with Crippen molar-refractivity contribution in [3.05, 3.63) is 161 Å². The highest BCUT2D eigenvalue weighted by atomic mass is 79.9. The summed E-state index contributed by atoms with van der Waals surface area (Å²) in [7, 11) is 0. The summed E-state index contributed by atoms with van der Waals surface area (Å²) < 4.78 is 4.48. The van der Waals surface area contributed by atoms with Gasteiger partial charge in [0, 0.05) is 42.1 Å². The maximum absolute atomic E-state index is 4.98. The number of halogens is 2. The van der Waals surface area contributed by atoms with Gasteiger partial charge in [0.2, 0.25) is 0 Å². The van der Waals surface area contributed by atoms with Gasteiger partial charge in [0.1, 0.15) is 0 Å². The Morgan fingerprint density at radius 3 is 1.38 bits per heavy atom. The average Bonchev–Trinajstić information content (AvgIpc) is 3.41. The van der Waals surface area contributed by atoms with Crippen LogP contribution in [0.2, 0.25) is 0 Å². The van der Waals surface area contributed by atoms with E-state index in [2.05, 4.69) is 152 Å². The first-order valence-corrected chi connectivity index (χ1v) is 16.3. The molecular weight excluding hydrogens is 682 g/mol. The Bertz CT molecular complexity index is 2190. The molecule has 8 rings (SSSR count). The molecule has 6 aromatic carbocycles. The van der Waals surface area contributed by atoms with E-state index in [1.54, 1.807) is 0 Å². The van der Waals surface area contributed by atoms with Crippen molar-refractivity contribution >= 4 is 53.7 Å². The number of rotatable bonds is 5. The molecule has 0 N–H and O–H groups in total. The van der Waals surface area contributed by atoms with E-state index in [9.17, 15) is 0 Å². The molecule has 0 saturated carbocycles. The lowest BCUT2D eigenvalue weighted by Crippen LogP contribution is -1.96. The molecule has 3 nitrogen and oxygen atoms in total. The van der Waals surface area contributed by atoms with Crippen LogP contribution in [-0.4, -0.2) is 14.5 Å². The zero-order valence-corrected chi connectivity index (χ0v) is 27.2.